The highest BCUT2D eigenvalue weighted by Crippen LogP contribution is 2.50. The Hall–Kier alpha value is -1.44. The van der Waals surface area contributed by atoms with Crippen LogP contribution in [0.1, 0.15) is 53.5 Å². The number of allylic oxidation sites excluding steroid dienone is 1. The SMILES string of the molecule is CCC1(C(C)C)Oc2cccc(O)c2C(C(C)C)=C1C. The van der Waals surface area contributed by atoms with Gasteiger partial charge in [0.1, 0.15) is 17.1 Å². The highest BCUT2D eigenvalue weighted by molar-refractivity contribution is 5.81. The number of aromatic hydroxyl groups is 1. The van der Waals surface area contributed by atoms with Crippen LogP contribution in [0.3, 0.4) is 0 Å². The molecular weight excluding hydrogens is 248 g/mol. The van der Waals surface area contributed by atoms with Crippen LogP contribution in [0.25, 0.3) is 5.57 Å². The molecule has 0 fully saturated rings. The maximum absolute atomic E-state index is 10.3. The zero-order valence-electron chi connectivity index (χ0n) is 13.4. The second-order valence-corrected chi connectivity index (χ2v) is 6.34. The Kier molecular flexibility index (Phi) is 3.86. The fourth-order valence-corrected chi connectivity index (χ4v) is 3.58. The smallest absolute Gasteiger partial charge is 0.132 e. The zero-order valence-corrected chi connectivity index (χ0v) is 13.4. The van der Waals surface area contributed by atoms with Gasteiger partial charge in [-0.1, -0.05) is 40.7 Å². The van der Waals surface area contributed by atoms with E-state index in [1.165, 1.54) is 11.1 Å². The fraction of sp³-hybridized carbons (Fsp3) is 0.556. The Bertz CT molecular complexity index is 540. The lowest BCUT2D eigenvalue weighted by molar-refractivity contribution is 0.0502. The van der Waals surface area contributed by atoms with Crippen LogP contribution in [0.15, 0.2) is 23.8 Å². The summed E-state index contributed by atoms with van der Waals surface area (Å²) < 4.78 is 6.39. The molecule has 1 unspecified atom stereocenters. The largest absolute Gasteiger partial charge is 0.507 e. The molecule has 0 spiro atoms. The summed E-state index contributed by atoms with van der Waals surface area (Å²) in [6.45, 7) is 13.1. The van der Waals surface area contributed by atoms with Gasteiger partial charge in [0.15, 0.2) is 0 Å². The first kappa shape index (κ1) is 15.0. The summed E-state index contributed by atoms with van der Waals surface area (Å²) in [5.74, 6) is 1.88. The molecule has 2 heteroatoms. The summed E-state index contributed by atoms with van der Waals surface area (Å²) >= 11 is 0. The van der Waals surface area contributed by atoms with E-state index in [1.807, 2.05) is 12.1 Å². The van der Waals surface area contributed by atoms with Crippen molar-refractivity contribution in [1.29, 1.82) is 0 Å². The van der Waals surface area contributed by atoms with Crippen molar-refractivity contribution in [2.75, 3.05) is 0 Å². The lowest BCUT2D eigenvalue weighted by atomic mass is 9.73. The molecule has 0 saturated heterocycles. The van der Waals surface area contributed by atoms with E-state index < -0.39 is 0 Å². The van der Waals surface area contributed by atoms with Gasteiger partial charge in [0.05, 0.1) is 5.56 Å². The Labute approximate surface area is 122 Å². The van der Waals surface area contributed by atoms with Crippen molar-refractivity contribution in [3.63, 3.8) is 0 Å². The first-order chi connectivity index (χ1) is 9.35. The van der Waals surface area contributed by atoms with E-state index in [9.17, 15) is 5.11 Å². The molecule has 1 aliphatic rings. The molecule has 0 radical (unpaired) electrons. The van der Waals surface area contributed by atoms with E-state index >= 15 is 0 Å². The van der Waals surface area contributed by atoms with Gasteiger partial charge in [-0.15, -0.1) is 0 Å². The van der Waals surface area contributed by atoms with Crippen LogP contribution in [0, 0.1) is 11.8 Å². The standard InChI is InChI=1S/C18H26O2/c1-7-18(12(4)5)13(6)16(11(2)3)17-14(19)9-8-10-15(17)20-18/h8-12,19H,7H2,1-6H3. The van der Waals surface area contributed by atoms with Crippen molar-refractivity contribution >= 4 is 5.57 Å². The predicted molar refractivity (Wildman–Crippen MR) is 84.0 cm³/mol. The molecule has 0 bridgehead atoms. The van der Waals surface area contributed by atoms with Gasteiger partial charge < -0.3 is 9.84 Å². The first-order valence-corrected chi connectivity index (χ1v) is 7.57. The lowest BCUT2D eigenvalue weighted by Gasteiger charge is -2.44. The topological polar surface area (TPSA) is 29.5 Å². The van der Waals surface area contributed by atoms with Crippen LogP contribution in [0.5, 0.6) is 11.5 Å². The van der Waals surface area contributed by atoms with E-state index in [1.54, 1.807) is 6.07 Å². The summed E-state index contributed by atoms with van der Waals surface area (Å²) in [7, 11) is 0. The van der Waals surface area contributed by atoms with Crippen molar-refractivity contribution in [3.8, 4) is 11.5 Å². The molecule has 1 atom stereocenters. The van der Waals surface area contributed by atoms with E-state index in [0.717, 1.165) is 17.7 Å². The van der Waals surface area contributed by atoms with E-state index in [-0.39, 0.29) is 5.60 Å². The molecule has 20 heavy (non-hydrogen) atoms. The van der Waals surface area contributed by atoms with Crippen LogP contribution >= 0.6 is 0 Å². The van der Waals surface area contributed by atoms with Crippen LogP contribution in [-0.4, -0.2) is 10.7 Å². The Morgan fingerprint density at radius 3 is 2.35 bits per heavy atom. The van der Waals surface area contributed by atoms with Gasteiger partial charge in [-0.05, 0) is 48.5 Å². The van der Waals surface area contributed by atoms with Crippen molar-refractivity contribution in [1.82, 2.24) is 0 Å². The molecule has 0 amide bonds. The average Bonchev–Trinajstić information content (AvgIpc) is 2.38. The highest BCUT2D eigenvalue weighted by Gasteiger charge is 2.43. The van der Waals surface area contributed by atoms with E-state index in [4.69, 9.17) is 4.74 Å². The number of rotatable bonds is 3. The van der Waals surface area contributed by atoms with Crippen molar-refractivity contribution in [3.05, 3.63) is 29.3 Å². The van der Waals surface area contributed by atoms with Gasteiger partial charge in [0, 0.05) is 0 Å². The molecule has 1 aliphatic heterocycles. The highest BCUT2D eigenvalue weighted by atomic mass is 16.5. The van der Waals surface area contributed by atoms with Crippen LogP contribution in [0.4, 0.5) is 0 Å². The summed E-state index contributed by atoms with van der Waals surface area (Å²) in [5, 5.41) is 10.3. The van der Waals surface area contributed by atoms with E-state index in [0.29, 0.717) is 17.6 Å². The fourth-order valence-electron chi connectivity index (χ4n) is 3.58. The minimum absolute atomic E-state index is 0.263. The number of phenols is 1. The third kappa shape index (κ3) is 2.02. The van der Waals surface area contributed by atoms with E-state index in [2.05, 4.69) is 41.5 Å². The number of hydrogen-bond donors (Lipinski definition) is 1. The van der Waals surface area contributed by atoms with Crippen LogP contribution in [-0.2, 0) is 0 Å². The van der Waals surface area contributed by atoms with Gasteiger partial charge in [-0.25, -0.2) is 0 Å². The predicted octanol–water partition coefficient (Wildman–Crippen LogP) is 5.02. The van der Waals surface area contributed by atoms with Crippen molar-refractivity contribution < 1.29 is 9.84 Å². The number of ether oxygens (including phenoxy) is 1. The molecule has 0 aliphatic carbocycles. The second-order valence-electron chi connectivity index (χ2n) is 6.34. The maximum atomic E-state index is 10.3. The molecule has 110 valence electrons. The normalized spacial score (nSPS) is 22.2. The molecule has 1 N–H and O–H groups in total. The first-order valence-electron chi connectivity index (χ1n) is 7.57. The molecule has 1 aromatic carbocycles. The Morgan fingerprint density at radius 2 is 1.85 bits per heavy atom. The number of benzene rings is 1. The molecule has 2 nitrogen and oxygen atoms in total. The van der Waals surface area contributed by atoms with Gasteiger partial charge in [0.25, 0.3) is 0 Å². The molecule has 1 heterocycles. The number of hydrogen-bond acceptors (Lipinski definition) is 2. The summed E-state index contributed by atoms with van der Waals surface area (Å²) in [4.78, 5) is 0. The molecule has 2 rings (SSSR count). The zero-order chi connectivity index (χ0) is 15.1. The quantitative estimate of drug-likeness (QED) is 0.838. The third-order valence-electron chi connectivity index (χ3n) is 4.64. The Morgan fingerprint density at radius 1 is 1.20 bits per heavy atom. The summed E-state index contributed by atoms with van der Waals surface area (Å²) in [6.07, 6.45) is 0.932. The number of phenolic OH excluding ortho intramolecular Hbond substituents is 1. The van der Waals surface area contributed by atoms with Gasteiger partial charge in [-0.3, -0.25) is 0 Å². The molecule has 0 aromatic heterocycles. The Balaban J connectivity index is 2.77. The summed E-state index contributed by atoms with van der Waals surface area (Å²) in [5.41, 5.74) is 3.11. The maximum Gasteiger partial charge on any atom is 0.132 e. The van der Waals surface area contributed by atoms with Crippen LogP contribution < -0.4 is 4.74 Å². The lowest BCUT2D eigenvalue weighted by Crippen LogP contribution is -2.45. The summed E-state index contributed by atoms with van der Waals surface area (Å²) in [6, 6.07) is 5.57. The number of fused-ring (bicyclic) bond motifs is 1. The average molecular weight is 274 g/mol. The monoisotopic (exact) mass is 274 g/mol. The van der Waals surface area contributed by atoms with Crippen LogP contribution in [0.2, 0.25) is 0 Å². The third-order valence-corrected chi connectivity index (χ3v) is 4.64. The molecule has 1 aromatic rings. The van der Waals surface area contributed by atoms with Gasteiger partial charge in [0.2, 0.25) is 0 Å². The molecule has 0 saturated carbocycles. The second kappa shape index (κ2) is 5.16. The minimum Gasteiger partial charge on any atom is -0.507 e. The van der Waals surface area contributed by atoms with Gasteiger partial charge >= 0.3 is 0 Å². The minimum atomic E-state index is -0.263. The van der Waals surface area contributed by atoms with Crippen molar-refractivity contribution in [2.45, 2.75) is 53.6 Å². The van der Waals surface area contributed by atoms with Gasteiger partial charge in [-0.2, -0.15) is 0 Å². The van der Waals surface area contributed by atoms with Crippen molar-refractivity contribution in [2.24, 2.45) is 11.8 Å². The molecular formula is C18H26O2.